The molecule has 234 valence electrons. The lowest BCUT2D eigenvalue weighted by Gasteiger charge is -2.47. The van der Waals surface area contributed by atoms with Gasteiger partial charge in [0.2, 0.25) is 0 Å². The monoisotopic (exact) mass is 588 g/mol. The number of hydrogen-bond donors (Lipinski definition) is 11. The normalized spacial score (nSPS) is 48.0. The lowest BCUT2D eigenvalue weighted by Crippen LogP contribution is -2.65. The van der Waals surface area contributed by atoms with Crippen LogP contribution in [0.5, 0.6) is 0 Å². The van der Waals surface area contributed by atoms with Crippen molar-refractivity contribution in [3.8, 4) is 0 Å². The van der Waals surface area contributed by atoms with Gasteiger partial charge in [-0.25, -0.2) is 4.79 Å². The molecule has 11 N–H and O–H groups in total. The first kappa shape index (κ1) is 33.4. The zero-order valence-corrected chi connectivity index (χ0v) is 21.9. The van der Waals surface area contributed by atoms with Gasteiger partial charge in [0.1, 0.15) is 61.0 Å². The molecule has 0 bridgehead atoms. The zero-order chi connectivity index (χ0) is 30.1. The fraction of sp³-hybridized carbons (Fsp3) is 0.957. The minimum atomic E-state index is -2.64. The quantitative estimate of drug-likeness (QED) is 0.113. The second-order valence-corrected chi connectivity index (χ2v) is 10.5. The lowest BCUT2D eigenvalue weighted by molar-refractivity contribution is -0.357. The molecule has 3 heterocycles. The topological polar surface area (TPSA) is 286 Å². The molecule has 0 saturated carbocycles. The Balaban J connectivity index is 1.77. The number of aliphatic hydroxyl groups excluding tert-OH is 10. The summed E-state index contributed by atoms with van der Waals surface area (Å²) in [5, 5.41) is 111. The van der Waals surface area contributed by atoms with E-state index in [2.05, 4.69) is 0 Å². The summed E-state index contributed by atoms with van der Waals surface area (Å²) in [7, 11) is 0. The highest BCUT2D eigenvalue weighted by atomic mass is 16.8. The van der Waals surface area contributed by atoms with Crippen molar-refractivity contribution in [1.82, 2.24) is 0 Å². The number of carboxylic acid groups (broad SMARTS) is 1. The van der Waals surface area contributed by atoms with Gasteiger partial charge in [-0.1, -0.05) is 6.92 Å². The molecule has 0 aromatic carbocycles. The molecule has 0 amide bonds. The Morgan fingerprint density at radius 3 is 2.15 bits per heavy atom. The van der Waals surface area contributed by atoms with E-state index in [0.29, 0.717) is 0 Å². The zero-order valence-electron chi connectivity index (χ0n) is 21.9. The SMILES string of the molecule is C[C@@H]1OC(CO)[C@@H](O[C@@H]2OC(CO[C@]3(C(=O)O)C[C@@H](O)[C@@H](C)C([C@H](O)[C@H](O)CO)O3)[C@H](O)[C@H](O)C2O)[C@H](O)C1O. The van der Waals surface area contributed by atoms with Gasteiger partial charge in [-0.3, -0.25) is 0 Å². The molecule has 3 aliphatic heterocycles. The molecule has 17 heteroatoms. The summed E-state index contributed by atoms with van der Waals surface area (Å²) < 4.78 is 27.4. The van der Waals surface area contributed by atoms with Gasteiger partial charge in [0, 0.05) is 12.3 Å². The number of carbonyl (C=O) groups is 1. The molecular weight excluding hydrogens is 548 g/mol. The fourth-order valence-electron chi connectivity index (χ4n) is 5.03. The molecular formula is C23H40O17. The number of rotatable bonds is 10. The maximum absolute atomic E-state index is 12.2. The van der Waals surface area contributed by atoms with E-state index >= 15 is 0 Å². The third-order valence-corrected chi connectivity index (χ3v) is 7.72. The number of hydrogen-bond acceptors (Lipinski definition) is 16. The second-order valence-electron chi connectivity index (χ2n) is 10.5. The Labute approximate surface area is 228 Å². The molecule has 17 nitrogen and oxygen atoms in total. The predicted molar refractivity (Wildman–Crippen MR) is 125 cm³/mol. The van der Waals surface area contributed by atoms with Crippen LogP contribution in [0.3, 0.4) is 0 Å². The summed E-state index contributed by atoms with van der Waals surface area (Å²) in [5.74, 6) is -5.28. The maximum atomic E-state index is 12.2. The predicted octanol–water partition coefficient (Wildman–Crippen LogP) is -6.02. The highest BCUT2D eigenvalue weighted by molar-refractivity contribution is 5.76. The van der Waals surface area contributed by atoms with Crippen LogP contribution < -0.4 is 0 Å². The van der Waals surface area contributed by atoms with Gasteiger partial charge in [0.15, 0.2) is 6.29 Å². The van der Waals surface area contributed by atoms with Crippen LogP contribution in [0, 0.1) is 5.92 Å². The Morgan fingerprint density at radius 2 is 1.57 bits per heavy atom. The second kappa shape index (κ2) is 13.4. The average Bonchev–Trinajstić information content (AvgIpc) is 2.93. The Morgan fingerprint density at radius 1 is 0.925 bits per heavy atom. The van der Waals surface area contributed by atoms with Crippen molar-refractivity contribution >= 4 is 5.97 Å². The number of carboxylic acids is 1. The molecule has 16 atom stereocenters. The van der Waals surface area contributed by atoms with E-state index in [1.165, 1.54) is 13.8 Å². The molecule has 0 radical (unpaired) electrons. The van der Waals surface area contributed by atoms with E-state index in [1.54, 1.807) is 0 Å². The highest BCUT2D eigenvalue weighted by Gasteiger charge is 2.56. The summed E-state index contributed by atoms with van der Waals surface area (Å²) in [6, 6.07) is 0. The lowest BCUT2D eigenvalue weighted by atomic mass is 9.84. The van der Waals surface area contributed by atoms with E-state index in [4.69, 9.17) is 28.8 Å². The smallest absolute Gasteiger partial charge is 0.364 e. The molecule has 0 aromatic rings. The third kappa shape index (κ3) is 6.59. The van der Waals surface area contributed by atoms with Crippen LogP contribution in [0.1, 0.15) is 20.3 Å². The molecule has 0 aliphatic carbocycles. The van der Waals surface area contributed by atoms with Crippen LogP contribution in [0.2, 0.25) is 0 Å². The molecule has 0 spiro atoms. The van der Waals surface area contributed by atoms with Gasteiger partial charge in [-0.2, -0.15) is 0 Å². The molecule has 40 heavy (non-hydrogen) atoms. The van der Waals surface area contributed by atoms with Crippen molar-refractivity contribution in [3.05, 3.63) is 0 Å². The third-order valence-electron chi connectivity index (χ3n) is 7.72. The van der Waals surface area contributed by atoms with Crippen molar-refractivity contribution in [3.63, 3.8) is 0 Å². The Hall–Kier alpha value is -1.13. The van der Waals surface area contributed by atoms with Crippen LogP contribution in [-0.4, -0.2) is 173 Å². The van der Waals surface area contributed by atoms with Gasteiger partial charge >= 0.3 is 5.97 Å². The van der Waals surface area contributed by atoms with Crippen molar-refractivity contribution in [1.29, 1.82) is 0 Å². The molecule has 3 aliphatic rings. The standard InChI is InChI=1S/C23H40O17/c1-7-9(26)3-23(22(34)35,40-19(7)14(29)10(27)4-24)36-6-12-15(30)16(31)18(33)21(38-12)39-20-11(5-25)37-8(2)13(28)17(20)32/h7-21,24-33H,3-6H2,1-2H3,(H,34,35)/t7-,8+,9-,10-,11?,12?,13?,14-,15+,16+,17-,18?,19?,20-,21+,23-/m1/s1. The average molecular weight is 589 g/mol. The van der Waals surface area contributed by atoms with Crippen LogP contribution in [0.15, 0.2) is 0 Å². The molecule has 3 saturated heterocycles. The van der Waals surface area contributed by atoms with Crippen molar-refractivity contribution in [2.45, 2.75) is 112 Å². The number of aliphatic hydroxyl groups is 10. The summed E-state index contributed by atoms with van der Waals surface area (Å²) in [4.78, 5) is 12.2. The summed E-state index contributed by atoms with van der Waals surface area (Å²) >= 11 is 0. The van der Waals surface area contributed by atoms with Crippen molar-refractivity contribution in [2.75, 3.05) is 19.8 Å². The fourth-order valence-corrected chi connectivity index (χ4v) is 5.03. The minimum Gasteiger partial charge on any atom is -0.477 e. The van der Waals surface area contributed by atoms with Gasteiger partial charge in [-0.15, -0.1) is 0 Å². The van der Waals surface area contributed by atoms with Crippen LogP contribution >= 0.6 is 0 Å². The molecule has 3 fully saturated rings. The summed E-state index contributed by atoms with van der Waals surface area (Å²) in [5.41, 5.74) is 0. The van der Waals surface area contributed by atoms with Gasteiger partial charge in [0.05, 0.1) is 38.1 Å². The van der Waals surface area contributed by atoms with Gasteiger partial charge in [-0.05, 0) is 6.92 Å². The summed E-state index contributed by atoms with van der Waals surface area (Å²) in [6.07, 6.45) is -22.8. The molecule has 3 rings (SSSR count). The number of ether oxygens (including phenoxy) is 5. The maximum Gasteiger partial charge on any atom is 0.364 e. The van der Waals surface area contributed by atoms with Crippen LogP contribution in [-0.2, 0) is 28.5 Å². The van der Waals surface area contributed by atoms with E-state index in [-0.39, 0.29) is 0 Å². The van der Waals surface area contributed by atoms with Crippen molar-refractivity contribution < 1.29 is 84.7 Å². The molecule has 0 aromatic heterocycles. The Kier molecular flexibility index (Phi) is 11.2. The summed E-state index contributed by atoms with van der Waals surface area (Å²) in [6.45, 7) is 0.488. The van der Waals surface area contributed by atoms with Crippen LogP contribution in [0.4, 0.5) is 0 Å². The number of aliphatic carboxylic acids is 1. The first-order chi connectivity index (χ1) is 18.7. The van der Waals surface area contributed by atoms with E-state index in [1.807, 2.05) is 0 Å². The largest absolute Gasteiger partial charge is 0.477 e. The molecule has 5 unspecified atom stereocenters. The van der Waals surface area contributed by atoms with Gasteiger partial charge < -0.3 is 79.9 Å². The van der Waals surface area contributed by atoms with Crippen molar-refractivity contribution in [2.24, 2.45) is 5.92 Å². The minimum absolute atomic E-state index is 0.656. The first-order valence-electron chi connectivity index (χ1n) is 12.9. The van der Waals surface area contributed by atoms with E-state index in [9.17, 15) is 55.9 Å². The highest BCUT2D eigenvalue weighted by Crippen LogP contribution is 2.37. The first-order valence-corrected chi connectivity index (χ1v) is 12.9. The van der Waals surface area contributed by atoms with E-state index < -0.39 is 130 Å². The van der Waals surface area contributed by atoms with Crippen LogP contribution in [0.25, 0.3) is 0 Å². The van der Waals surface area contributed by atoms with E-state index in [0.717, 1.165) is 0 Å². The Bertz CT molecular complexity index is 831. The van der Waals surface area contributed by atoms with Gasteiger partial charge in [0.25, 0.3) is 5.79 Å².